The van der Waals surface area contributed by atoms with Crippen LogP contribution in [0.25, 0.3) is 10.8 Å². The number of nitrogens with zero attached hydrogens (tertiary/aromatic N) is 2. The largest absolute Gasteiger partial charge is 0.370 e. The number of primary amides is 1. The van der Waals surface area contributed by atoms with Crippen LogP contribution in [0.4, 0.5) is 0 Å². The lowest BCUT2D eigenvalue weighted by atomic mass is 10.0. The van der Waals surface area contributed by atoms with Crippen molar-refractivity contribution in [3.8, 4) is 0 Å². The lowest BCUT2D eigenvalue weighted by molar-refractivity contribution is -0.133. The van der Waals surface area contributed by atoms with Crippen molar-refractivity contribution in [1.29, 1.82) is 0 Å². The fourth-order valence-electron chi connectivity index (χ4n) is 5.26. The molecule has 10 N–H and O–H groups in total. The molecule has 1 fully saturated rings. The number of amides is 3. The van der Waals surface area contributed by atoms with E-state index in [9.17, 15) is 14.4 Å². The van der Waals surface area contributed by atoms with E-state index in [2.05, 4.69) is 50.9 Å². The molecule has 3 amide bonds. The van der Waals surface area contributed by atoms with Crippen LogP contribution in [-0.2, 0) is 20.8 Å². The smallest absolute Gasteiger partial charge is 0.243 e. The third-order valence-corrected chi connectivity index (χ3v) is 7.40. The molecule has 3 atom stereocenters. The van der Waals surface area contributed by atoms with Crippen molar-refractivity contribution in [3.05, 3.63) is 48.0 Å². The molecule has 40 heavy (non-hydrogen) atoms. The SMILES string of the molecule is NCCCC[C@H](NC(=O)[C@@H]1CCCN1CCc1cccc2ccccc12)C(=O)N[C@@H](CCCN=C(N)N)C(N)=O. The predicted octanol–water partition coefficient (Wildman–Crippen LogP) is 0.484. The second kappa shape index (κ2) is 15.8. The van der Waals surface area contributed by atoms with Gasteiger partial charge in [0.1, 0.15) is 12.1 Å². The van der Waals surface area contributed by atoms with Crippen molar-refractivity contribution in [2.45, 2.75) is 69.5 Å². The Morgan fingerprint density at radius 2 is 1.70 bits per heavy atom. The molecule has 1 aliphatic heterocycles. The zero-order valence-electron chi connectivity index (χ0n) is 23.2. The van der Waals surface area contributed by atoms with Gasteiger partial charge in [0.05, 0.1) is 6.04 Å². The average Bonchev–Trinajstić information content (AvgIpc) is 3.41. The summed E-state index contributed by atoms with van der Waals surface area (Å²) >= 11 is 0. The summed E-state index contributed by atoms with van der Waals surface area (Å²) in [6.45, 7) is 2.37. The number of likely N-dealkylation sites (tertiary alicyclic amines) is 1. The molecule has 11 nitrogen and oxygen atoms in total. The number of carbonyl (C=O) groups excluding carboxylic acids is 3. The highest BCUT2D eigenvalue weighted by Gasteiger charge is 2.33. The van der Waals surface area contributed by atoms with Crippen LogP contribution >= 0.6 is 0 Å². The minimum absolute atomic E-state index is 0.0413. The summed E-state index contributed by atoms with van der Waals surface area (Å²) in [4.78, 5) is 44.7. The summed E-state index contributed by atoms with van der Waals surface area (Å²) in [6, 6.07) is 12.6. The maximum absolute atomic E-state index is 13.4. The number of nitrogens with one attached hydrogen (secondary N) is 2. The predicted molar refractivity (Wildman–Crippen MR) is 158 cm³/mol. The molecule has 218 valence electrons. The molecule has 0 radical (unpaired) electrons. The normalized spacial score (nSPS) is 16.8. The molecule has 1 aliphatic rings. The van der Waals surface area contributed by atoms with Gasteiger partial charge in [-0.3, -0.25) is 24.3 Å². The van der Waals surface area contributed by atoms with Crippen LogP contribution in [0.15, 0.2) is 47.5 Å². The molecule has 11 heteroatoms. The molecule has 0 saturated carbocycles. The fourth-order valence-corrected chi connectivity index (χ4v) is 5.26. The Bertz CT molecular complexity index is 1160. The molecule has 0 bridgehead atoms. The minimum Gasteiger partial charge on any atom is -0.370 e. The van der Waals surface area contributed by atoms with E-state index in [1.165, 1.54) is 16.3 Å². The Labute approximate surface area is 236 Å². The Kier molecular flexibility index (Phi) is 12.2. The number of hydrogen-bond donors (Lipinski definition) is 6. The minimum atomic E-state index is -0.890. The molecule has 0 unspecified atom stereocenters. The quantitative estimate of drug-likeness (QED) is 0.0989. The summed E-state index contributed by atoms with van der Waals surface area (Å²) in [5.41, 5.74) is 23.1. The Morgan fingerprint density at radius 1 is 0.950 bits per heavy atom. The van der Waals surface area contributed by atoms with Gasteiger partial charge in [-0.1, -0.05) is 42.5 Å². The molecule has 1 heterocycles. The van der Waals surface area contributed by atoms with E-state index < -0.39 is 23.9 Å². The fraction of sp³-hybridized carbons (Fsp3) is 0.517. The molecule has 0 spiro atoms. The second-order valence-electron chi connectivity index (χ2n) is 10.3. The van der Waals surface area contributed by atoms with Gasteiger partial charge in [-0.05, 0) is 80.8 Å². The van der Waals surface area contributed by atoms with Crippen molar-refractivity contribution in [3.63, 3.8) is 0 Å². The van der Waals surface area contributed by atoms with Crippen molar-refractivity contribution in [2.75, 3.05) is 26.2 Å². The van der Waals surface area contributed by atoms with Crippen LogP contribution < -0.4 is 33.6 Å². The van der Waals surface area contributed by atoms with E-state index in [1.807, 2.05) is 12.1 Å². The number of aliphatic imine (C=N–C) groups is 1. The number of benzene rings is 2. The molecule has 2 aromatic rings. The molecular weight excluding hydrogens is 508 g/mol. The zero-order valence-corrected chi connectivity index (χ0v) is 23.2. The van der Waals surface area contributed by atoms with Crippen molar-refractivity contribution in [2.24, 2.45) is 27.9 Å². The standard InChI is InChI=1S/C29H44N8O3/c30-16-4-3-12-24(27(39)35-23(26(31)38)13-6-17-34-29(32)33)36-28(40)25-14-7-18-37(25)19-15-21-10-5-9-20-8-1-2-11-22(20)21/h1-2,5,8-11,23-25H,3-4,6-7,12-19,30H2,(H2,31,38)(H,35,39)(H,36,40)(H4,32,33,34)/t23-,24-,25-/m0/s1. The summed E-state index contributed by atoms with van der Waals surface area (Å²) in [5, 5.41) is 8.11. The van der Waals surface area contributed by atoms with E-state index in [1.54, 1.807) is 0 Å². The first kappa shape index (κ1) is 30.8. The third-order valence-electron chi connectivity index (χ3n) is 7.40. The van der Waals surface area contributed by atoms with Crippen LogP contribution in [-0.4, -0.2) is 72.9 Å². The highest BCUT2D eigenvalue weighted by Crippen LogP contribution is 2.22. The lowest BCUT2D eigenvalue weighted by Gasteiger charge is -2.27. The maximum Gasteiger partial charge on any atom is 0.243 e. The van der Waals surface area contributed by atoms with Crippen molar-refractivity contribution < 1.29 is 14.4 Å². The molecule has 0 aliphatic carbocycles. The van der Waals surface area contributed by atoms with E-state index in [4.69, 9.17) is 22.9 Å². The maximum atomic E-state index is 13.4. The van der Waals surface area contributed by atoms with Gasteiger partial charge in [0, 0.05) is 13.1 Å². The summed E-state index contributed by atoms with van der Waals surface area (Å²) in [5.74, 6) is -1.30. The first-order valence-electron chi connectivity index (χ1n) is 14.2. The monoisotopic (exact) mass is 552 g/mol. The van der Waals surface area contributed by atoms with Gasteiger partial charge in [-0.2, -0.15) is 0 Å². The van der Waals surface area contributed by atoms with E-state index in [0.717, 1.165) is 38.8 Å². The van der Waals surface area contributed by atoms with E-state index in [0.29, 0.717) is 32.4 Å². The van der Waals surface area contributed by atoms with Crippen LogP contribution in [0.3, 0.4) is 0 Å². The van der Waals surface area contributed by atoms with Crippen molar-refractivity contribution in [1.82, 2.24) is 15.5 Å². The topological polar surface area (TPSA) is 195 Å². The molecule has 2 aromatic carbocycles. The van der Waals surface area contributed by atoms with Crippen LogP contribution in [0.5, 0.6) is 0 Å². The number of carbonyl (C=O) groups is 3. The van der Waals surface area contributed by atoms with Gasteiger partial charge in [-0.15, -0.1) is 0 Å². The molecule has 0 aromatic heterocycles. The molecular formula is C29H44N8O3. The first-order valence-corrected chi connectivity index (χ1v) is 14.2. The number of fused-ring (bicyclic) bond motifs is 1. The van der Waals surface area contributed by atoms with Gasteiger partial charge < -0.3 is 33.6 Å². The van der Waals surface area contributed by atoms with E-state index >= 15 is 0 Å². The highest BCUT2D eigenvalue weighted by atomic mass is 16.2. The number of nitrogens with two attached hydrogens (primary N) is 4. The van der Waals surface area contributed by atoms with Gasteiger partial charge in [0.15, 0.2) is 5.96 Å². The molecule has 1 saturated heterocycles. The molecule has 3 rings (SSSR count). The van der Waals surface area contributed by atoms with Gasteiger partial charge in [-0.25, -0.2) is 0 Å². The summed E-state index contributed by atoms with van der Waals surface area (Å²) < 4.78 is 0. The lowest BCUT2D eigenvalue weighted by Crippen LogP contribution is -2.55. The first-order chi connectivity index (χ1) is 19.3. The van der Waals surface area contributed by atoms with Crippen LogP contribution in [0, 0.1) is 0 Å². The zero-order chi connectivity index (χ0) is 28.9. The highest BCUT2D eigenvalue weighted by molar-refractivity contribution is 5.92. The van der Waals surface area contributed by atoms with Crippen LogP contribution in [0.2, 0.25) is 0 Å². The second-order valence-corrected chi connectivity index (χ2v) is 10.3. The van der Waals surface area contributed by atoms with E-state index in [-0.39, 0.29) is 24.3 Å². The van der Waals surface area contributed by atoms with Gasteiger partial charge in [0.25, 0.3) is 0 Å². The van der Waals surface area contributed by atoms with Gasteiger partial charge >= 0.3 is 0 Å². The number of unbranched alkanes of at least 4 members (excludes halogenated alkanes) is 1. The summed E-state index contributed by atoms with van der Waals surface area (Å²) in [6.07, 6.45) is 5.01. The number of hydrogen-bond acceptors (Lipinski definition) is 6. The Hall–Kier alpha value is -3.70. The third kappa shape index (κ3) is 9.20. The number of guanidine groups is 1. The van der Waals surface area contributed by atoms with Crippen LogP contribution in [0.1, 0.15) is 50.5 Å². The van der Waals surface area contributed by atoms with Crippen molar-refractivity contribution >= 4 is 34.5 Å². The number of rotatable bonds is 16. The average molecular weight is 553 g/mol. The Balaban J connectivity index is 1.62. The van der Waals surface area contributed by atoms with Gasteiger partial charge in [0.2, 0.25) is 17.7 Å². The Morgan fingerprint density at radius 3 is 2.45 bits per heavy atom. The summed E-state index contributed by atoms with van der Waals surface area (Å²) in [7, 11) is 0.